The molecule has 1 aliphatic heterocycles. The number of nitrogens with zero attached hydrogens (tertiary/aromatic N) is 1. The maximum Gasteiger partial charge on any atom is 0.323 e. The van der Waals surface area contributed by atoms with Crippen molar-refractivity contribution in [1.29, 1.82) is 0 Å². The summed E-state index contributed by atoms with van der Waals surface area (Å²) in [6, 6.07) is 15.0. The summed E-state index contributed by atoms with van der Waals surface area (Å²) in [6.07, 6.45) is 1.05. The lowest BCUT2D eigenvalue weighted by Crippen LogP contribution is -2.52. The summed E-state index contributed by atoms with van der Waals surface area (Å²) in [5.74, 6) is -0.372. The van der Waals surface area contributed by atoms with Gasteiger partial charge in [-0.2, -0.15) is 8.42 Å². The van der Waals surface area contributed by atoms with Crippen molar-refractivity contribution in [1.82, 2.24) is 10.2 Å². The van der Waals surface area contributed by atoms with E-state index in [4.69, 9.17) is 11.6 Å². The normalized spacial score (nSPS) is 18.4. The molecule has 9 heteroatoms. The molecule has 2 unspecified atom stereocenters. The average Bonchev–Trinajstić information content (AvgIpc) is 2.65. The average molecular weight is 407 g/mol. The third-order valence-electron chi connectivity index (χ3n) is 4.00. The lowest BCUT2D eigenvalue weighted by atomic mass is 9.96. The number of ketones is 1. The minimum absolute atomic E-state index is 0.334. The fourth-order valence-electron chi connectivity index (χ4n) is 2.76. The number of rotatable bonds is 5. The van der Waals surface area contributed by atoms with Crippen LogP contribution in [0.2, 0.25) is 0 Å². The van der Waals surface area contributed by atoms with E-state index in [2.05, 4.69) is 5.32 Å². The van der Waals surface area contributed by atoms with Gasteiger partial charge in [-0.3, -0.25) is 14.2 Å². The van der Waals surface area contributed by atoms with Crippen LogP contribution in [0.15, 0.2) is 71.9 Å². The van der Waals surface area contributed by atoms with Gasteiger partial charge in [0.1, 0.15) is 6.04 Å². The molecule has 2 aromatic carbocycles. The van der Waals surface area contributed by atoms with Crippen LogP contribution in [0.3, 0.4) is 0 Å². The summed E-state index contributed by atoms with van der Waals surface area (Å²) in [6.45, 7) is 0. The monoisotopic (exact) mass is 406 g/mol. The van der Waals surface area contributed by atoms with Crippen molar-refractivity contribution < 1.29 is 22.6 Å². The third kappa shape index (κ3) is 4.02. The van der Waals surface area contributed by atoms with Gasteiger partial charge >= 0.3 is 6.03 Å². The largest absolute Gasteiger partial charge is 0.323 e. The molecule has 0 bridgehead atoms. The van der Waals surface area contributed by atoms with Crippen LogP contribution in [-0.4, -0.2) is 35.1 Å². The van der Waals surface area contributed by atoms with E-state index < -0.39 is 27.6 Å². The van der Waals surface area contributed by atoms with Crippen molar-refractivity contribution in [3.8, 4) is 0 Å². The Hall–Kier alpha value is -2.68. The van der Waals surface area contributed by atoms with Gasteiger partial charge in [-0.15, -0.1) is 0 Å². The van der Waals surface area contributed by atoms with Crippen LogP contribution < -0.4 is 5.32 Å². The molecule has 0 saturated heterocycles. The predicted molar refractivity (Wildman–Crippen MR) is 99.6 cm³/mol. The number of carbonyl (C=O) groups is 2. The maximum absolute atomic E-state index is 13.1. The zero-order chi connectivity index (χ0) is 19.6. The van der Waals surface area contributed by atoms with Crippen LogP contribution in [0.5, 0.6) is 0 Å². The molecule has 1 aliphatic rings. The molecule has 27 heavy (non-hydrogen) atoms. The Bertz CT molecular complexity index is 993. The van der Waals surface area contributed by atoms with Gasteiger partial charge in [0.2, 0.25) is 0 Å². The first kappa shape index (κ1) is 19.1. The van der Waals surface area contributed by atoms with E-state index in [-0.39, 0.29) is 10.8 Å². The lowest BCUT2D eigenvalue weighted by molar-refractivity contribution is 0.0883. The second-order valence-electron chi connectivity index (χ2n) is 5.81. The smallest absolute Gasteiger partial charge is 0.314 e. The highest BCUT2D eigenvalue weighted by atomic mass is 35.5. The number of carbonyl (C=O) groups excluding carboxylic acids is 2. The number of urea groups is 1. The zero-order valence-corrected chi connectivity index (χ0v) is 15.4. The van der Waals surface area contributed by atoms with Crippen LogP contribution >= 0.6 is 11.6 Å². The van der Waals surface area contributed by atoms with Gasteiger partial charge in [0.05, 0.1) is 5.03 Å². The van der Waals surface area contributed by atoms with Gasteiger partial charge in [0, 0.05) is 11.8 Å². The molecule has 3 rings (SSSR count). The Morgan fingerprint density at radius 3 is 2.19 bits per heavy atom. The van der Waals surface area contributed by atoms with Crippen LogP contribution in [0.4, 0.5) is 4.79 Å². The Kier molecular flexibility index (Phi) is 5.31. The highest BCUT2D eigenvalue weighted by Gasteiger charge is 2.39. The Labute approximate surface area is 161 Å². The van der Waals surface area contributed by atoms with Crippen LogP contribution in [0.1, 0.15) is 22.0 Å². The number of halogens is 1. The molecule has 2 atom stereocenters. The fourth-order valence-corrected chi connectivity index (χ4v) is 3.85. The Morgan fingerprint density at radius 2 is 1.63 bits per heavy atom. The summed E-state index contributed by atoms with van der Waals surface area (Å²) in [5.41, 5.74) is 0.896. The van der Waals surface area contributed by atoms with E-state index in [1.165, 1.54) is 0 Å². The van der Waals surface area contributed by atoms with E-state index in [1.54, 1.807) is 60.7 Å². The summed E-state index contributed by atoms with van der Waals surface area (Å²) in [7, 11) is -4.64. The number of amides is 2. The molecule has 0 spiro atoms. The molecule has 7 nitrogen and oxygen atoms in total. The van der Waals surface area contributed by atoms with Gasteiger partial charge in [0.25, 0.3) is 10.1 Å². The first-order valence-corrected chi connectivity index (χ1v) is 9.73. The minimum Gasteiger partial charge on any atom is -0.314 e. The molecule has 2 N–H and O–H groups in total. The Balaban J connectivity index is 2.08. The molecule has 0 aromatic heterocycles. The first-order valence-electron chi connectivity index (χ1n) is 7.85. The van der Waals surface area contributed by atoms with Gasteiger partial charge in [0.15, 0.2) is 11.2 Å². The number of hydrogen-bond donors (Lipinski definition) is 2. The molecule has 2 aromatic rings. The maximum atomic E-state index is 13.1. The molecule has 0 radical (unpaired) electrons. The standard InChI is InChI=1S/C18H15ClN2O5S/c19-14-11-21(18(23)20-17(14)27(24,25)26)15(12-7-3-1-4-8-12)16(22)13-9-5-2-6-10-13/h1-11,15,17H,(H,20,23)(H,24,25,26). The second kappa shape index (κ2) is 7.51. The summed E-state index contributed by atoms with van der Waals surface area (Å²) in [4.78, 5) is 26.7. The fraction of sp³-hybridized carbons (Fsp3) is 0.111. The van der Waals surface area contributed by atoms with Crippen molar-refractivity contribution in [2.75, 3.05) is 0 Å². The molecule has 140 valence electrons. The second-order valence-corrected chi connectivity index (χ2v) is 7.75. The molecule has 0 saturated carbocycles. The first-order chi connectivity index (χ1) is 12.8. The van der Waals surface area contributed by atoms with Crippen molar-refractivity contribution in [3.63, 3.8) is 0 Å². The number of benzene rings is 2. The summed E-state index contributed by atoms with van der Waals surface area (Å²) < 4.78 is 32.0. The summed E-state index contributed by atoms with van der Waals surface area (Å²) in [5, 5.41) is 0.00289. The van der Waals surface area contributed by atoms with E-state index in [1.807, 2.05) is 0 Å². The van der Waals surface area contributed by atoms with Gasteiger partial charge in [-0.25, -0.2) is 4.79 Å². The lowest BCUT2D eigenvalue weighted by Gasteiger charge is -2.33. The van der Waals surface area contributed by atoms with Gasteiger partial charge < -0.3 is 5.32 Å². The van der Waals surface area contributed by atoms with Gasteiger partial charge in [-0.05, 0) is 5.56 Å². The van der Waals surface area contributed by atoms with Crippen molar-refractivity contribution >= 4 is 33.5 Å². The molecule has 0 aliphatic carbocycles. The van der Waals surface area contributed by atoms with E-state index in [0.29, 0.717) is 11.1 Å². The van der Waals surface area contributed by atoms with Crippen LogP contribution in [-0.2, 0) is 10.1 Å². The summed E-state index contributed by atoms with van der Waals surface area (Å²) >= 11 is 5.96. The van der Waals surface area contributed by atoms with Crippen LogP contribution in [0.25, 0.3) is 0 Å². The number of Topliss-reactive ketones (excluding diaryl/α,β-unsaturated/α-hetero) is 1. The zero-order valence-electron chi connectivity index (χ0n) is 13.8. The van der Waals surface area contributed by atoms with Crippen molar-refractivity contribution in [2.45, 2.75) is 11.4 Å². The topological polar surface area (TPSA) is 104 Å². The quantitative estimate of drug-likeness (QED) is 0.587. The Morgan fingerprint density at radius 1 is 1.07 bits per heavy atom. The number of nitrogens with one attached hydrogen (secondary N) is 1. The third-order valence-corrected chi connectivity index (χ3v) is 5.41. The predicted octanol–water partition coefficient (Wildman–Crippen LogP) is 2.93. The van der Waals surface area contributed by atoms with Crippen molar-refractivity contribution in [3.05, 3.63) is 83.0 Å². The number of hydrogen-bond acceptors (Lipinski definition) is 4. The highest BCUT2D eigenvalue weighted by molar-refractivity contribution is 7.86. The van der Waals surface area contributed by atoms with Gasteiger partial charge in [-0.1, -0.05) is 72.3 Å². The molecule has 2 amide bonds. The highest BCUT2D eigenvalue weighted by Crippen LogP contribution is 2.30. The SMILES string of the molecule is O=C(c1ccccc1)C(c1ccccc1)N1C=C(Cl)C(S(=O)(=O)O)NC1=O. The molecular formula is C18H15ClN2O5S. The van der Waals surface area contributed by atoms with Crippen molar-refractivity contribution in [2.24, 2.45) is 0 Å². The van der Waals surface area contributed by atoms with E-state index in [0.717, 1.165) is 11.1 Å². The van der Waals surface area contributed by atoms with E-state index in [9.17, 15) is 22.6 Å². The van der Waals surface area contributed by atoms with E-state index >= 15 is 0 Å². The molecular weight excluding hydrogens is 392 g/mol. The molecule has 1 heterocycles. The molecule has 0 fully saturated rings. The van der Waals surface area contributed by atoms with Crippen LogP contribution in [0, 0.1) is 0 Å². The minimum atomic E-state index is -4.64.